The summed E-state index contributed by atoms with van der Waals surface area (Å²) in [4.78, 5) is 24.8. The number of ether oxygens (including phenoxy) is 1. The van der Waals surface area contributed by atoms with Crippen LogP contribution in [0.5, 0.6) is 0 Å². The Morgan fingerprint density at radius 1 is 1.03 bits per heavy atom. The zero-order valence-corrected chi connectivity index (χ0v) is 20.0. The van der Waals surface area contributed by atoms with E-state index in [4.69, 9.17) is 9.72 Å². The molecular formula is C25H31F2N7O. The number of nitrogens with zero attached hydrogens (tertiary/aromatic N) is 7. The summed E-state index contributed by atoms with van der Waals surface area (Å²) >= 11 is 0. The summed E-state index contributed by atoms with van der Waals surface area (Å²) in [5.41, 5.74) is 0.290. The number of halogens is 2. The van der Waals surface area contributed by atoms with E-state index in [2.05, 4.69) is 31.3 Å². The van der Waals surface area contributed by atoms with Crippen LogP contribution in [0.2, 0.25) is 0 Å². The first kappa shape index (κ1) is 24.7. The van der Waals surface area contributed by atoms with Crippen LogP contribution in [0.15, 0.2) is 59.4 Å². The molecule has 0 radical (unpaired) electrons. The lowest BCUT2D eigenvalue weighted by Crippen LogP contribution is -2.46. The van der Waals surface area contributed by atoms with E-state index < -0.39 is 11.7 Å². The Labute approximate surface area is 204 Å². The number of aromatic nitrogens is 3. The molecule has 0 unspecified atom stereocenters. The minimum absolute atomic E-state index is 0.0926. The normalized spacial score (nSPS) is 19.9. The molecular weight excluding hydrogens is 452 g/mol. The standard InChI is InChI=1S/C25H31F2N7O/c1-3-5-8-28-22(4-2)32-9-11-33(12-10-32)24-29-23(19-17-20(26)6-7-21(27)18-19)30-25(31-24)34-13-15-35-16-14-34/h3-4,6,8,17-18H,1,5,7,9-16H2,2H3/b22-4+,28-8-. The molecule has 1 aromatic rings. The minimum Gasteiger partial charge on any atom is -0.378 e. The molecule has 0 atom stereocenters. The molecule has 4 rings (SSSR count). The number of morpholine rings is 1. The Hall–Kier alpha value is -3.40. The van der Waals surface area contributed by atoms with Gasteiger partial charge in [-0.3, -0.25) is 0 Å². The van der Waals surface area contributed by atoms with Gasteiger partial charge in [-0.15, -0.1) is 6.58 Å². The number of piperazine rings is 1. The first-order valence-corrected chi connectivity index (χ1v) is 11.9. The monoisotopic (exact) mass is 483 g/mol. The summed E-state index contributed by atoms with van der Waals surface area (Å²) in [5.74, 6) is 1.21. The molecule has 2 aliphatic heterocycles. The van der Waals surface area contributed by atoms with E-state index in [1.807, 2.05) is 30.2 Å². The molecule has 0 amide bonds. The lowest BCUT2D eigenvalue weighted by atomic mass is 10.2. The Morgan fingerprint density at radius 2 is 1.71 bits per heavy atom. The maximum atomic E-state index is 14.2. The molecule has 0 bridgehead atoms. The van der Waals surface area contributed by atoms with Crippen LogP contribution in [-0.2, 0) is 4.74 Å². The van der Waals surface area contributed by atoms with Crippen LogP contribution in [0, 0.1) is 0 Å². The van der Waals surface area contributed by atoms with Crippen LogP contribution in [-0.4, -0.2) is 78.5 Å². The van der Waals surface area contributed by atoms with E-state index >= 15 is 0 Å². The Morgan fingerprint density at radius 3 is 2.37 bits per heavy atom. The van der Waals surface area contributed by atoms with Crippen molar-refractivity contribution in [1.82, 2.24) is 19.9 Å². The molecule has 0 spiro atoms. The topological polar surface area (TPSA) is 70.0 Å². The predicted molar refractivity (Wildman–Crippen MR) is 135 cm³/mol. The van der Waals surface area contributed by atoms with Gasteiger partial charge in [-0.05, 0) is 31.2 Å². The van der Waals surface area contributed by atoms with Crippen LogP contribution in [0.3, 0.4) is 0 Å². The molecule has 8 nitrogen and oxygen atoms in total. The second kappa shape index (κ2) is 11.8. The van der Waals surface area contributed by atoms with Crippen LogP contribution >= 0.6 is 0 Å². The van der Waals surface area contributed by atoms with Crippen molar-refractivity contribution in [1.29, 1.82) is 0 Å². The maximum absolute atomic E-state index is 14.2. The van der Waals surface area contributed by atoms with Crippen molar-refractivity contribution in [3.8, 4) is 0 Å². The van der Waals surface area contributed by atoms with E-state index in [0.29, 0.717) is 56.9 Å². The van der Waals surface area contributed by atoms with Crippen molar-refractivity contribution in [2.75, 3.05) is 62.3 Å². The first-order valence-electron chi connectivity index (χ1n) is 11.9. The molecule has 0 N–H and O–H groups in total. The van der Waals surface area contributed by atoms with Crippen molar-refractivity contribution in [3.05, 3.63) is 60.3 Å². The smallest absolute Gasteiger partial charge is 0.230 e. The fourth-order valence-corrected chi connectivity index (χ4v) is 4.03. The number of aliphatic imine (C=N–C) groups is 1. The van der Waals surface area contributed by atoms with Gasteiger partial charge in [-0.25, -0.2) is 13.8 Å². The molecule has 3 aliphatic rings. The van der Waals surface area contributed by atoms with Gasteiger partial charge in [0.25, 0.3) is 0 Å². The van der Waals surface area contributed by atoms with Gasteiger partial charge < -0.3 is 19.4 Å². The van der Waals surface area contributed by atoms with Crippen LogP contribution in [0.1, 0.15) is 25.6 Å². The average Bonchev–Trinajstić information content (AvgIpc) is 3.07. The Bertz CT molecular complexity index is 1070. The number of hydrogen-bond acceptors (Lipinski definition) is 8. The molecule has 186 valence electrons. The molecule has 2 fully saturated rings. The first-order chi connectivity index (χ1) is 17.1. The van der Waals surface area contributed by atoms with E-state index in [1.54, 1.807) is 0 Å². The molecule has 2 saturated heterocycles. The molecule has 0 aromatic carbocycles. The Balaban J connectivity index is 1.60. The van der Waals surface area contributed by atoms with E-state index in [9.17, 15) is 8.78 Å². The summed E-state index contributed by atoms with van der Waals surface area (Å²) in [6, 6.07) is 0. The summed E-state index contributed by atoms with van der Waals surface area (Å²) < 4.78 is 33.8. The van der Waals surface area contributed by atoms with E-state index in [1.165, 1.54) is 18.2 Å². The van der Waals surface area contributed by atoms with Crippen LogP contribution < -0.4 is 9.80 Å². The highest BCUT2D eigenvalue weighted by atomic mass is 19.1. The number of allylic oxidation sites excluding steroid dienone is 8. The molecule has 3 heterocycles. The van der Waals surface area contributed by atoms with Gasteiger partial charge in [-0.1, -0.05) is 6.08 Å². The van der Waals surface area contributed by atoms with Crippen molar-refractivity contribution in [2.24, 2.45) is 4.99 Å². The van der Waals surface area contributed by atoms with E-state index in [0.717, 1.165) is 25.3 Å². The molecule has 1 aromatic heterocycles. The second-order valence-electron chi connectivity index (χ2n) is 8.30. The summed E-state index contributed by atoms with van der Waals surface area (Å²) in [6.07, 6.45) is 10.1. The summed E-state index contributed by atoms with van der Waals surface area (Å²) in [7, 11) is 0. The van der Waals surface area contributed by atoms with Gasteiger partial charge in [0.15, 0.2) is 5.82 Å². The Kier molecular flexibility index (Phi) is 8.36. The van der Waals surface area contributed by atoms with Gasteiger partial charge in [0.1, 0.15) is 17.5 Å². The number of hydrogen-bond donors (Lipinski definition) is 0. The number of anilines is 2. The third-order valence-electron chi connectivity index (χ3n) is 5.90. The highest BCUT2D eigenvalue weighted by Gasteiger charge is 2.24. The van der Waals surface area contributed by atoms with Gasteiger partial charge in [0.2, 0.25) is 11.9 Å². The SMILES string of the molecule is C=CC/C=N\C(=C/C)N1CCN(c2nc(C3=CC(F)=CCC(F)=C3)nc(N3CCOCC3)n2)CC1. The average molecular weight is 484 g/mol. The van der Waals surface area contributed by atoms with Gasteiger partial charge in [-0.2, -0.15) is 15.0 Å². The maximum Gasteiger partial charge on any atom is 0.230 e. The lowest BCUT2D eigenvalue weighted by molar-refractivity contribution is 0.122. The highest BCUT2D eigenvalue weighted by molar-refractivity contribution is 5.74. The minimum atomic E-state index is -0.511. The fourth-order valence-electron chi connectivity index (χ4n) is 4.03. The number of rotatable bonds is 7. The van der Waals surface area contributed by atoms with Crippen LogP contribution in [0.25, 0.3) is 5.57 Å². The molecule has 1 aliphatic carbocycles. The molecule has 35 heavy (non-hydrogen) atoms. The third kappa shape index (κ3) is 6.39. The zero-order chi connectivity index (χ0) is 24.6. The van der Waals surface area contributed by atoms with Crippen molar-refractivity contribution in [3.63, 3.8) is 0 Å². The zero-order valence-electron chi connectivity index (χ0n) is 20.0. The van der Waals surface area contributed by atoms with E-state index in [-0.39, 0.29) is 12.2 Å². The van der Waals surface area contributed by atoms with Crippen LogP contribution in [0.4, 0.5) is 20.7 Å². The van der Waals surface area contributed by atoms with Crippen molar-refractivity contribution < 1.29 is 13.5 Å². The third-order valence-corrected chi connectivity index (χ3v) is 5.90. The van der Waals surface area contributed by atoms with Gasteiger partial charge >= 0.3 is 0 Å². The lowest BCUT2D eigenvalue weighted by Gasteiger charge is -2.36. The fraction of sp³-hybridized carbons (Fsp3) is 0.440. The quantitative estimate of drug-likeness (QED) is 0.431. The second-order valence-corrected chi connectivity index (χ2v) is 8.30. The largest absolute Gasteiger partial charge is 0.378 e. The summed E-state index contributed by atoms with van der Waals surface area (Å²) in [6.45, 7) is 11.0. The van der Waals surface area contributed by atoms with Crippen molar-refractivity contribution >= 4 is 23.7 Å². The molecule has 10 heteroatoms. The molecule has 0 saturated carbocycles. The van der Waals surface area contributed by atoms with Gasteiger partial charge in [0.05, 0.1) is 13.2 Å². The predicted octanol–water partition coefficient (Wildman–Crippen LogP) is 3.83. The van der Waals surface area contributed by atoms with Crippen molar-refractivity contribution in [2.45, 2.75) is 19.8 Å². The highest BCUT2D eigenvalue weighted by Crippen LogP contribution is 2.27. The summed E-state index contributed by atoms with van der Waals surface area (Å²) in [5, 5.41) is 0. The van der Waals surface area contributed by atoms with Gasteiger partial charge in [0, 0.05) is 63.9 Å².